The van der Waals surface area contributed by atoms with E-state index < -0.39 is 33.8 Å². The van der Waals surface area contributed by atoms with E-state index in [1.54, 1.807) is 0 Å². The molecule has 1 aromatic rings. The Morgan fingerprint density at radius 2 is 1.80 bits per heavy atom. The molecule has 0 fully saturated rings. The molecule has 0 aliphatic rings. The van der Waals surface area contributed by atoms with Crippen LogP contribution in [0.4, 0.5) is 10.0 Å². The smallest absolute Gasteiger partial charge is 0.258 e. The first-order valence-electron chi connectivity index (χ1n) is 3.10. The Morgan fingerprint density at radius 1 is 1.27 bits per heavy atom. The standard InChI is InChI=1S/C4HClN2O6S2/c5-15(12,13)2-1-3(6(8)9)14-4(2)7(10)11/h1H. The van der Waals surface area contributed by atoms with E-state index in [-0.39, 0.29) is 11.3 Å². The Hall–Kier alpha value is -1.26. The first kappa shape index (κ1) is 11.8. The number of hydrogen-bond donors (Lipinski definition) is 0. The van der Waals surface area contributed by atoms with Crippen LogP contribution < -0.4 is 0 Å². The minimum atomic E-state index is -4.35. The number of rotatable bonds is 3. The summed E-state index contributed by atoms with van der Waals surface area (Å²) in [6.07, 6.45) is 0. The highest BCUT2D eigenvalue weighted by molar-refractivity contribution is 8.14. The maximum Gasteiger partial charge on any atom is 0.350 e. The van der Waals surface area contributed by atoms with Crippen molar-refractivity contribution < 1.29 is 18.3 Å². The zero-order valence-electron chi connectivity index (χ0n) is 6.62. The zero-order chi connectivity index (χ0) is 11.8. The predicted molar refractivity (Wildman–Crippen MR) is 50.7 cm³/mol. The molecule has 0 aromatic carbocycles. The summed E-state index contributed by atoms with van der Waals surface area (Å²) in [5, 5.41) is 19.1. The lowest BCUT2D eigenvalue weighted by atomic mass is 10.6. The minimum absolute atomic E-state index is 0.141. The monoisotopic (exact) mass is 272 g/mol. The SMILES string of the molecule is O=[N+]([O-])c1cc(S(=O)(=O)Cl)c([N+](=O)[O-])s1. The molecular weight excluding hydrogens is 272 g/mol. The van der Waals surface area contributed by atoms with Crippen molar-refractivity contribution >= 4 is 41.1 Å². The molecule has 1 aromatic heterocycles. The van der Waals surface area contributed by atoms with Crippen molar-refractivity contribution in [3.05, 3.63) is 26.3 Å². The Bertz CT molecular complexity index is 533. The van der Waals surface area contributed by atoms with Crippen molar-refractivity contribution in [2.24, 2.45) is 0 Å². The van der Waals surface area contributed by atoms with Crippen molar-refractivity contribution in [2.45, 2.75) is 4.90 Å². The van der Waals surface area contributed by atoms with Gasteiger partial charge in [0.1, 0.15) is 0 Å². The Balaban J connectivity index is 3.51. The van der Waals surface area contributed by atoms with E-state index in [0.717, 1.165) is 0 Å². The summed E-state index contributed by atoms with van der Waals surface area (Å²) >= 11 is 0.141. The lowest BCUT2D eigenvalue weighted by Gasteiger charge is -1.88. The lowest BCUT2D eigenvalue weighted by Crippen LogP contribution is -1.93. The Labute approximate surface area is 90.8 Å². The van der Waals surface area contributed by atoms with Gasteiger partial charge in [0.2, 0.25) is 0 Å². The summed E-state index contributed by atoms with van der Waals surface area (Å²) in [5.41, 5.74) is 0. The maximum absolute atomic E-state index is 10.8. The molecule has 0 saturated heterocycles. The van der Waals surface area contributed by atoms with E-state index in [1.165, 1.54) is 0 Å². The molecule has 0 aliphatic carbocycles. The van der Waals surface area contributed by atoms with Gasteiger partial charge in [-0.15, -0.1) is 0 Å². The van der Waals surface area contributed by atoms with Crippen LogP contribution in [-0.2, 0) is 9.05 Å². The summed E-state index contributed by atoms with van der Waals surface area (Å²) in [7, 11) is 0.523. The zero-order valence-corrected chi connectivity index (χ0v) is 9.00. The van der Waals surface area contributed by atoms with Crippen molar-refractivity contribution in [3.8, 4) is 0 Å². The van der Waals surface area contributed by atoms with Gasteiger partial charge in [-0.3, -0.25) is 20.2 Å². The number of nitro groups is 2. The van der Waals surface area contributed by atoms with Gasteiger partial charge in [-0.2, -0.15) is 0 Å². The van der Waals surface area contributed by atoms with Gasteiger partial charge >= 0.3 is 10.0 Å². The highest BCUT2D eigenvalue weighted by Crippen LogP contribution is 2.39. The molecule has 0 bridgehead atoms. The van der Waals surface area contributed by atoms with Gasteiger partial charge in [0.25, 0.3) is 9.05 Å². The summed E-state index contributed by atoms with van der Waals surface area (Å²) in [6, 6.07) is 0.561. The van der Waals surface area contributed by atoms with E-state index in [9.17, 15) is 28.6 Å². The molecule has 82 valence electrons. The fraction of sp³-hybridized carbons (Fsp3) is 0. The van der Waals surface area contributed by atoms with E-state index >= 15 is 0 Å². The largest absolute Gasteiger partial charge is 0.350 e. The molecule has 1 rings (SSSR count). The van der Waals surface area contributed by atoms with Gasteiger partial charge in [0.05, 0.1) is 15.9 Å². The number of nitrogens with zero attached hydrogens (tertiary/aromatic N) is 2. The van der Waals surface area contributed by atoms with Crippen LogP contribution in [0.3, 0.4) is 0 Å². The topological polar surface area (TPSA) is 120 Å². The lowest BCUT2D eigenvalue weighted by molar-refractivity contribution is -0.383. The second kappa shape index (κ2) is 3.72. The fourth-order valence-corrected chi connectivity index (χ4v) is 2.98. The van der Waals surface area contributed by atoms with E-state index in [0.29, 0.717) is 6.07 Å². The summed E-state index contributed by atoms with van der Waals surface area (Å²) in [6.45, 7) is 0. The molecule has 15 heavy (non-hydrogen) atoms. The van der Waals surface area contributed by atoms with E-state index in [4.69, 9.17) is 10.7 Å². The second-order valence-electron chi connectivity index (χ2n) is 2.21. The molecule has 1 heterocycles. The van der Waals surface area contributed by atoms with Crippen LogP contribution in [0.25, 0.3) is 0 Å². The van der Waals surface area contributed by atoms with Crippen molar-refractivity contribution in [1.82, 2.24) is 0 Å². The number of halogens is 1. The van der Waals surface area contributed by atoms with Crippen molar-refractivity contribution in [3.63, 3.8) is 0 Å². The third kappa shape index (κ3) is 2.40. The van der Waals surface area contributed by atoms with Crippen molar-refractivity contribution in [2.75, 3.05) is 0 Å². The average molecular weight is 273 g/mol. The average Bonchev–Trinajstić information content (AvgIpc) is 2.45. The molecule has 11 heteroatoms. The highest BCUT2D eigenvalue weighted by atomic mass is 35.7. The Kier molecular flexibility index (Phi) is 2.93. The van der Waals surface area contributed by atoms with Gasteiger partial charge in [-0.1, -0.05) is 0 Å². The molecule has 0 atom stereocenters. The third-order valence-corrected chi connectivity index (χ3v) is 3.78. The maximum atomic E-state index is 10.8. The molecule has 0 spiro atoms. The first-order valence-corrected chi connectivity index (χ1v) is 6.23. The van der Waals surface area contributed by atoms with Crippen LogP contribution in [-0.4, -0.2) is 18.3 Å². The van der Waals surface area contributed by atoms with Crippen LogP contribution in [0.2, 0.25) is 0 Å². The molecule has 0 saturated carbocycles. The first-order chi connectivity index (χ1) is 6.73. The molecular formula is C4HClN2O6S2. The van der Waals surface area contributed by atoms with Crippen LogP contribution in [0.1, 0.15) is 0 Å². The summed E-state index contributed by atoms with van der Waals surface area (Å²) in [5.74, 6) is 0. The van der Waals surface area contributed by atoms with E-state index in [1.807, 2.05) is 0 Å². The normalized spacial score (nSPS) is 11.3. The molecule has 0 amide bonds. The fourth-order valence-electron chi connectivity index (χ4n) is 0.745. The summed E-state index contributed by atoms with van der Waals surface area (Å²) < 4.78 is 21.7. The van der Waals surface area contributed by atoms with Crippen molar-refractivity contribution in [1.29, 1.82) is 0 Å². The Morgan fingerprint density at radius 3 is 2.07 bits per heavy atom. The van der Waals surface area contributed by atoms with Gasteiger partial charge in [-0.05, 0) is 0 Å². The quantitative estimate of drug-likeness (QED) is 0.467. The molecule has 0 unspecified atom stereocenters. The molecule has 0 radical (unpaired) electrons. The predicted octanol–water partition coefficient (Wildman–Crippen LogP) is 1.49. The van der Waals surface area contributed by atoms with Crippen LogP contribution in [0.15, 0.2) is 11.0 Å². The minimum Gasteiger partial charge on any atom is -0.258 e. The highest BCUT2D eigenvalue weighted by Gasteiger charge is 2.32. The van der Waals surface area contributed by atoms with Crippen LogP contribution in [0, 0.1) is 20.2 Å². The molecule has 0 aliphatic heterocycles. The second-order valence-corrected chi connectivity index (χ2v) is 5.75. The molecule has 0 N–H and O–H groups in total. The summed E-state index contributed by atoms with van der Waals surface area (Å²) in [4.78, 5) is 17.8. The van der Waals surface area contributed by atoms with E-state index in [2.05, 4.69) is 0 Å². The van der Waals surface area contributed by atoms with Gasteiger partial charge in [0.15, 0.2) is 4.90 Å². The van der Waals surface area contributed by atoms with Crippen LogP contribution in [0.5, 0.6) is 0 Å². The van der Waals surface area contributed by atoms with Gasteiger partial charge in [0, 0.05) is 22.0 Å². The van der Waals surface area contributed by atoms with Crippen LogP contribution >= 0.6 is 22.0 Å². The molecule has 8 nitrogen and oxygen atoms in total. The number of hydrogen-bond acceptors (Lipinski definition) is 7. The van der Waals surface area contributed by atoms with Gasteiger partial charge < -0.3 is 0 Å². The third-order valence-electron chi connectivity index (χ3n) is 1.28. The van der Waals surface area contributed by atoms with Gasteiger partial charge in [-0.25, -0.2) is 8.42 Å². The number of thiophene rings is 1.